The smallest absolute Gasteiger partial charge is 0.271 e. The summed E-state index contributed by atoms with van der Waals surface area (Å²) in [4.78, 5) is 14.2. The Kier molecular flexibility index (Phi) is 6.31. The Hall–Kier alpha value is -2.15. The molecule has 138 valence electrons. The van der Waals surface area contributed by atoms with E-state index >= 15 is 0 Å². The van der Waals surface area contributed by atoms with E-state index in [-0.39, 0.29) is 5.91 Å². The Morgan fingerprint density at radius 2 is 2.07 bits per heavy atom. The number of hydrogen-bond acceptors (Lipinski definition) is 3. The second-order valence-corrected chi connectivity index (χ2v) is 8.29. The van der Waals surface area contributed by atoms with Crippen LogP contribution in [0.5, 0.6) is 0 Å². The van der Waals surface area contributed by atoms with Crippen LogP contribution in [0.25, 0.3) is 11.3 Å². The highest BCUT2D eigenvalue weighted by Gasteiger charge is 2.13. The lowest BCUT2D eigenvalue weighted by molar-refractivity contribution is 0.0953. The molecular formula is C20H17BrClN3OS. The summed E-state index contributed by atoms with van der Waals surface area (Å²) in [7, 11) is 0. The first-order chi connectivity index (χ1) is 13.0. The fraction of sp³-hybridized carbons (Fsp3) is 0.100. The molecule has 0 spiro atoms. The monoisotopic (exact) mass is 461 g/mol. The van der Waals surface area contributed by atoms with Gasteiger partial charge in [0.25, 0.3) is 5.91 Å². The van der Waals surface area contributed by atoms with Gasteiger partial charge in [-0.05, 0) is 42.8 Å². The number of carbonyl (C=O) groups is 1. The average Bonchev–Trinajstić information content (AvgIpc) is 2.96. The minimum absolute atomic E-state index is 0.263. The van der Waals surface area contributed by atoms with Crippen LogP contribution in [0.3, 0.4) is 0 Å². The predicted octanol–water partition coefficient (Wildman–Crippen LogP) is 5.37. The molecule has 1 N–H and O–H groups in total. The second kappa shape index (κ2) is 8.69. The number of amides is 1. The van der Waals surface area contributed by atoms with Crippen molar-refractivity contribution in [3.63, 3.8) is 0 Å². The Balaban J connectivity index is 1.99. The van der Waals surface area contributed by atoms with E-state index < -0.39 is 0 Å². The van der Waals surface area contributed by atoms with Crippen molar-refractivity contribution in [1.82, 2.24) is 9.99 Å². The highest BCUT2D eigenvalue weighted by atomic mass is 79.9. The van der Waals surface area contributed by atoms with E-state index in [1.54, 1.807) is 18.2 Å². The number of halogens is 2. The first-order valence-electron chi connectivity index (χ1n) is 8.16. The summed E-state index contributed by atoms with van der Waals surface area (Å²) in [5.74, 6) is -0.263. The zero-order chi connectivity index (χ0) is 19.4. The molecule has 0 unspecified atom stereocenters. The van der Waals surface area contributed by atoms with Crippen molar-refractivity contribution in [1.29, 1.82) is 0 Å². The molecule has 3 rings (SSSR count). The summed E-state index contributed by atoms with van der Waals surface area (Å²) in [5.41, 5.74) is 5.25. The molecule has 0 saturated heterocycles. The molecule has 0 aliphatic rings. The number of hydrogen-bond donors (Lipinski definition) is 1. The largest absolute Gasteiger partial charge is 0.311 e. The topological polar surface area (TPSA) is 46.4 Å². The van der Waals surface area contributed by atoms with Crippen molar-refractivity contribution in [3.05, 3.63) is 85.9 Å². The number of allylic oxidation sites excluding steroid dienone is 1. The number of thiazole rings is 1. The first kappa shape index (κ1) is 19.6. The van der Waals surface area contributed by atoms with Crippen LogP contribution in [0.15, 0.2) is 70.8 Å². The molecule has 0 fully saturated rings. The van der Waals surface area contributed by atoms with Gasteiger partial charge in [0.2, 0.25) is 4.80 Å². The maximum absolute atomic E-state index is 12.4. The summed E-state index contributed by atoms with van der Waals surface area (Å²) in [6.07, 6.45) is 1.81. The van der Waals surface area contributed by atoms with Gasteiger partial charge in [-0.15, -0.1) is 11.7 Å². The standard InChI is InChI=1S/C20H17BrClN3OS/c1-3-11-25-18(14-7-9-17(22)10-8-14)13(2)27-20(25)24-23-19(26)15-5-4-6-16(21)12-15/h3-10,12H,1,11H2,2H3,(H,23,26)/b24-20+. The second-order valence-electron chi connectivity index (χ2n) is 5.76. The Labute approximate surface area is 174 Å². The van der Waals surface area contributed by atoms with Crippen LogP contribution >= 0.6 is 38.9 Å². The highest BCUT2D eigenvalue weighted by molar-refractivity contribution is 9.10. The predicted molar refractivity (Wildman–Crippen MR) is 115 cm³/mol. The molecule has 4 nitrogen and oxygen atoms in total. The third-order valence-electron chi connectivity index (χ3n) is 3.85. The SMILES string of the molecule is C=CCn1c(-c2ccc(Cl)cc2)c(C)s/c1=N/NC(=O)c1cccc(Br)c1. The van der Waals surface area contributed by atoms with Gasteiger partial charge in [0.05, 0.1) is 5.69 Å². The maximum atomic E-state index is 12.4. The van der Waals surface area contributed by atoms with Gasteiger partial charge in [-0.25, -0.2) is 5.43 Å². The number of aromatic nitrogens is 1. The van der Waals surface area contributed by atoms with E-state index in [1.807, 2.05) is 47.9 Å². The fourth-order valence-electron chi connectivity index (χ4n) is 2.67. The van der Waals surface area contributed by atoms with Gasteiger partial charge in [0.15, 0.2) is 0 Å². The molecule has 27 heavy (non-hydrogen) atoms. The summed E-state index contributed by atoms with van der Waals surface area (Å²) in [6, 6.07) is 14.8. The van der Waals surface area contributed by atoms with E-state index in [4.69, 9.17) is 11.6 Å². The van der Waals surface area contributed by atoms with Gasteiger partial charge >= 0.3 is 0 Å². The van der Waals surface area contributed by atoms with Gasteiger partial charge in [-0.1, -0.05) is 63.1 Å². The molecule has 0 atom stereocenters. The molecular weight excluding hydrogens is 446 g/mol. The summed E-state index contributed by atoms with van der Waals surface area (Å²) in [5, 5.41) is 5.04. The van der Waals surface area contributed by atoms with Crippen molar-refractivity contribution in [2.45, 2.75) is 13.5 Å². The summed E-state index contributed by atoms with van der Waals surface area (Å²) >= 11 is 10.9. The van der Waals surface area contributed by atoms with Crippen LogP contribution in [0.4, 0.5) is 0 Å². The van der Waals surface area contributed by atoms with E-state index in [1.165, 1.54) is 11.3 Å². The third kappa shape index (κ3) is 4.58. The molecule has 0 aliphatic carbocycles. The van der Waals surface area contributed by atoms with Crippen molar-refractivity contribution < 1.29 is 4.79 Å². The molecule has 7 heteroatoms. The molecule has 0 aliphatic heterocycles. The van der Waals surface area contributed by atoms with Crippen molar-refractivity contribution in [2.75, 3.05) is 0 Å². The van der Waals surface area contributed by atoms with Gasteiger partial charge in [0, 0.05) is 26.5 Å². The number of benzene rings is 2. The van der Waals surface area contributed by atoms with Gasteiger partial charge in [-0.2, -0.15) is 0 Å². The minimum Gasteiger partial charge on any atom is -0.311 e. The van der Waals surface area contributed by atoms with Crippen LogP contribution in [0.2, 0.25) is 5.02 Å². The van der Waals surface area contributed by atoms with E-state index in [9.17, 15) is 4.79 Å². The molecule has 0 bridgehead atoms. The van der Waals surface area contributed by atoms with E-state index in [0.717, 1.165) is 20.6 Å². The lowest BCUT2D eigenvalue weighted by Gasteiger charge is -2.08. The zero-order valence-electron chi connectivity index (χ0n) is 14.6. The highest BCUT2D eigenvalue weighted by Crippen LogP contribution is 2.26. The molecule has 1 heterocycles. The van der Waals surface area contributed by atoms with Crippen LogP contribution in [-0.2, 0) is 6.54 Å². The average molecular weight is 463 g/mol. The van der Waals surface area contributed by atoms with Gasteiger partial charge < -0.3 is 4.57 Å². The van der Waals surface area contributed by atoms with Gasteiger partial charge in [-0.3, -0.25) is 4.79 Å². The van der Waals surface area contributed by atoms with Crippen LogP contribution in [0, 0.1) is 6.92 Å². The molecule has 1 amide bonds. The van der Waals surface area contributed by atoms with Crippen molar-refractivity contribution >= 4 is 44.8 Å². The maximum Gasteiger partial charge on any atom is 0.271 e. The van der Waals surface area contributed by atoms with Crippen molar-refractivity contribution in [2.24, 2.45) is 5.10 Å². The van der Waals surface area contributed by atoms with E-state index in [0.29, 0.717) is 21.9 Å². The molecule has 0 saturated carbocycles. The first-order valence-corrected chi connectivity index (χ1v) is 10.1. The van der Waals surface area contributed by atoms with Gasteiger partial charge in [0.1, 0.15) is 0 Å². The van der Waals surface area contributed by atoms with Crippen molar-refractivity contribution in [3.8, 4) is 11.3 Å². The minimum atomic E-state index is -0.263. The third-order valence-corrected chi connectivity index (χ3v) is 5.59. The molecule has 1 aromatic heterocycles. The quantitative estimate of drug-likeness (QED) is 0.402. The van der Waals surface area contributed by atoms with Crippen LogP contribution < -0.4 is 10.2 Å². The summed E-state index contributed by atoms with van der Waals surface area (Å²) in [6.45, 7) is 6.44. The lowest BCUT2D eigenvalue weighted by atomic mass is 10.1. The number of rotatable bonds is 5. The van der Waals surface area contributed by atoms with Crippen LogP contribution in [-0.4, -0.2) is 10.5 Å². The normalized spacial score (nSPS) is 11.4. The Morgan fingerprint density at radius 3 is 2.74 bits per heavy atom. The number of carbonyl (C=O) groups excluding carboxylic acids is 1. The van der Waals surface area contributed by atoms with E-state index in [2.05, 4.69) is 33.0 Å². The summed E-state index contributed by atoms with van der Waals surface area (Å²) < 4.78 is 2.87. The fourth-order valence-corrected chi connectivity index (χ4v) is 4.16. The zero-order valence-corrected chi connectivity index (χ0v) is 17.7. The Bertz CT molecular complexity index is 1050. The number of nitrogens with one attached hydrogen (secondary N) is 1. The lowest BCUT2D eigenvalue weighted by Crippen LogP contribution is -2.24. The number of aryl methyl sites for hydroxylation is 1. The molecule has 2 aromatic carbocycles. The Morgan fingerprint density at radius 1 is 1.33 bits per heavy atom. The van der Waals surface area contributed by atoms with Crippen LogP contribution in [0.1, 0.15) is 15.2 Å². The number of nitrogens with zero attached hydrogens (tertiary/aromatic N) is 2. The molecule has 3 aromatic rings. The molecule has 0 radical (unpaired) electrons.